The highest BCUT2D eigenvalue weighted by atomic mass is 16.6. The van der Waals surface area contributed by atoms with Crippen LogP contribution in [0.5, 0.6) is 0 Å². The maximum atomic E-state index is 14.2. The average molecular weight is 466 g/mol. The molecule has 2 saturated heterocycles. The van der Waals surface area contributed by atoms with Crippen LogP contribution in [0.4, 0.5) is 0 Å². The molecule has 2 aromatic carbocycles. The topological polar surface area (TPSA) is 82.1 Å². The maximum Gasteiger partial charge on any atom is 0.334 e. The number of hydrogen-bond donors (Lipinski definition) is 0. The fourth-order valence-electron chi connectivity index (χ4n) is 5.06. The zero-order chi connectivity index (χ0) is 24.6. The van der Waals surface area contributed by atoms with Crippen molar-refractivity contribution in [2.24, 2.45) is 10.8 Å². The van der Waals surface area contributed by atoms with Gasteiger partial charge in [0.15, 0.2) is 11.0 Å². The minimum Gasteiger partial charge on any atom is -0.467 e. The summed E-state index contributed by atoms with van der Waals surface area (Å²) in [6.45, 7) is 5.81. The van der Waals surface area contributed by atoms with Gasteiger partial charge in [0.1, 0.15) is 12.8 Å². The van der Waals surface area contributed by atoms with E-state index < -0.39 is 40.4 Å². The Morgan fingerprint density at radius 3 is 2.15 bits per heavy atom. The van der Waals surface area contributed by atoms with Crippen molar-refractivity contribution in [2.75, 3.05) is 13.7 Å². The van der Waals surface area contributed by atoms with E-state index in [9.17, 15) is 14.4 Å². The van der Waals surface area contributed by atoms with E-state index in [1.807, 2.05) is 81.4 Å². The number of amides is 1. The molecule has 2 heterocycles. The largest absolute Gasteiger partial charge is 0.467 e. The highest BCUT2D eigenvalue weighted by Crippen LogP contribution is 2.53. The van der Waals surface area contributed by atoms with Gasteiger partial charge in [0.2, 0.25) is 5.91 Å². The van der Waals surface area contributed by atoms with Crippen molar-refractivity contribution >= 4 is 17.8 Å². The van der Waals surface area contributed by atoms with E-state index in [2.05, 4.69) is 0 Å². The Morgan fingerprint density at radius 1 is 1.00 bits per heavy atom. The molecule has 7 nitrogen and oxygen atoms in total. The summed E-state index contributed by atoms with van der Waals surface area (Å²) < 4.78 is 16.8. The first-order valence-electron chi connectivity index (χ1n) is 11.4. The van der Waals surface area contributed by atoms with E-state index in [-0.39, 0.29) is 26.1 Å². The average Bonchev–Trinajstić information content (AvgIpc) is 3.33. The first-order valence-corrected chi connectivity index (χ1v) is 11.4. The molecule has 0 N–H and O–H groups in total. The van der Waals surface area contributed by atoms with E-state index in [0.717, 1.165) is 11.1 Å². The Kier molecular flexibility index (Phi) is 6.25. The van der Waals surface area contributed by atoms with E-state index in [1.165, 1.54) is 12.0 Å². The number of carbonyl (C=O) groups is 3. The third-order valence-corrected chi connectivity index (χ3v) is 6.66. The van der Waals surface area contributed by atoms with Crippen LogP contribution in [0.3, 0.4) is 0 Å². The van der Waals surface area contributed by atoms with Crippen LogP contribution < -0.4 is 0 Å². The van der Waals surface area contributed by atoms with Gasteiger partial charge in [-0.05, 0) is 17.5 Å². The summed E-state index contributed by atoms with van der Waals surface area (Å²) >= 11 is 0. The van der Waals surface area contributed by atoms with Gasteiger partial charge in [-0.2, -0.15) is 0 Å². The molecule has 0 saturated carbocycles. The molecule has 0 aromatic heterocycles. The number of nitrogens with zero attached hydrogens (tertiary/aromatic N) is 1. The summed E-state index contributed by atoms with van der Waals surface area (Å²) in [7, 11) is 1.29. The molecule has 34 heavy (non-hydrogen) atoms. The molecule has 180 valence electrons. The molecule has 0 bridgehead atoms. The van der Waals surface area contributed by atoms with Gasteiger partial charge in [0.05, 0.1) is 13.7 Å². The number of methoxy groups -OCH3 is 1. The lowest BCUT2D eigenvalue weighted by atomic mass is 9.75. The molecule has 7 heteroatoms. The quantitative estimate of drug-likeness (QED) is 0.480. The molecular weight excluding hydrogens is 434 g/mol. The first kappa shape index (κ1) is 24.0. The summed E-state index contributed by atoms with van der Waals surface area (Å²) in [6.07, 6.45) is -0.633. The second-order valence-corrected chi connectivity index (χ2v) is 10.2. The second kappa shape index (κ2) is 8.87. The van der Waals surface area contributed by atoms with E-state index in [4.69, 9.17) is 14.2 Å². The third-order valence-electron chi connectivity index (χ3n) is 6.66. The summed E-state index contributed by atoms with van der Waals surface area (Å²) in [4.78, 5) is 42.5. The van der Waals surface area contributed by atoms with Crippen molar-refractivity contribution < 1.29 is 28.6 Å². The number of hydrogen-bond acceptors (Lipinski definition) is 6. The SMILES string of the molecule is COC(=O)[C@@]12COC(C(C)(C)C)N1C(=O)[C@](Cc1ccccc1)(C(=O)OCc1ccccc1)C2. The van der Waals surface area contributed by atoms with Crippen LogP contribution in [-0.4, -0.2) is 48.2 Å². The van der Waals surface area contributed by atoms with E-state index >= 15 is 0 Å². The predicted octanol–water partition coefficient (Wildman–Crippen LogP) is 3.51. The van der Waals surface area contributed by atoms with Crippen LogP contribution in [0.25, 0.3) is 0 Å². The van der Waals surface area contributed by atoms with Crippen LogP contribution >= 0.6 is 0 Å². The van der Waals surface area contributed by atoms with Gasteiger partial charge in [0, 0.05) is 11.8 Å². The number of fused-ring (bicyclic) bond motifs is 1. The smallest absolute Gasteiger partial charge is 0.334 e. The number of esters is 2. The molecular formula is C27H31NO6. The van der Waals surface area contributed by atoms with Crippen molar-refractivity contribution in [3.05, 3.63) is 71.8 Å². The molecule has 0 spiro atoms. The minimum absolute atomic E-state index is 0.0319. The Morgan fingerprint density at radius 2 is 1.59 bits per heavy atom. The number of ether oxygens (including phenoxy) is 3. The normalized spacial score (nSPS) is 26.3. The van der Waals surface area contributed by atoms with Crippen LogP contribution in [0.2, 0.25) is 0 Å². The Hall–Kier alpha value is -3.19. The van der Waals surface area contributed by atoms with Gasteiger partial charge in [0.25, 0.3) is 0 Å². The van der Waals surface area contributed by atoms with E-state index in [1.54, 1.807) is 0 Å². The van der Waals surface area contributed by atoms with Gasteiger partial charge >= 0.3 is 11.9 Å². The molecule has 3 atom stereocenters. The molecule has 1 amide bonds. The number of rotatable bonds is 6. The van der Waals surface area contributed by atoms with Crippen LogP contribution in [-0.2, 0) is 41.6 Å². The van der Waals surface area contributed by atoms with E-state index in [0.29, 0.717) is 0 Å². The Labute approximate surface area is 200 Å². The number of benzene rings is 2. The van der Waals surface area contributed by atoms with Crippen LogP contribution in [0.15, 0.2) is 60.7 Å². The molecule has 1 unspecified atom stereocenters. The maximum absolute atomic E-state index is 14.2. The molecule has 2 aliphatic heterocycles. The van der Waals surface area contributed by atoms with Crippen molar-refractivity contribution in [3.63, 3.8) is 0 Å². The van der Waals surface area contributed by atoms with Gasteiger partial charge in [-0.1, -0.05) is 81.4 Å². The third kappa shape index (κ3) is 3.98. The molecule has 2 fully saturated rings. The predicted molar refractivity (Wildman–Crippen MR) is 124 cm³/mol. The fraction of sp³-hybridized carbons (Fsp3) is 0.444. The monoisotopic (exact) mass is 465 g/mol. The van der Waals surface area contributed by atoms with Crippen molar-refractivity contribution in [1.82, 2.24) is 4.90 Å². The lowest BCUT2D eigenvalue weighted by Crippen LogP contribution is -2.55. The molecule has 0 radical (unpaired) electrons. The van der Waals surface area contributed by atoms with Gasteiger partial charge in [-0.3, -0.25) is 14.5 Å². The molecule has 2 aromatic rings. The Bertz CT molecular complexity index is 1060. The molecule has 2 aliphatic rings. The highest BCUT2D eigenvalue weighted by Gasteiger charge is 2.72. The van der Waals surface area contributed by atoms with Crippen LogP contribution in [0, 0.1) is 10.8 Å². The van der Waals surface area contributed by atoms with Gasteiger partial charge < -0.3 is 14.2 Å². The lowest BCUT2D eigenvalue weighted by molar-refractivity contribution is -0.167. The summed E-state index contributed by atoms with van der Waals surface area (Å²) in [5, 5.41) is 0. The van der Waals surface area contributed by atoms with Gasteiger partial charge in [-0.15, -0.1) is 0 Å². The highest BCUT2D eigenvalue weighted by molar-refractivity contribution is 6.08. The molecule has 4 rings (SSSR count). The lowest BCUT2D eigenvalue weighted by Gasteiger charge is -2.36. The zero-order valence-electron chi connectivity index (χ0n) is 20.1. The van der Waals surface area contributed by atoms with Crippen LogP contribution in [0.1, 0.15) is 38.3 Å². The Balaban J connectivity index is 1.76. The standard InChI is InChI=1S/C27H31NO6/c1-25(2,3)22-28-21(29)26(15-19-11-7-5-8-12-19,17-27(28,18-34-22)24(31)32-4)23(30)33-16-20-13-9-6-10-14-20/h5-14,22H,15-18H2,1-4H3/t22?,26-,27-/m1/s1. The zero-order valence-corrected chi connectivity index (χ0v) is 20.1. The summed E-state index contributed by atoms with van der Waals surface area (Å²) in [5.74, 6) is -1.69. The summed E-state index contributed by atoms with van der Waals surface area (Å²) in [6, 6.07) is 18.6. The first-order chi connectivity index (χ1) is 16.1. The molecule has 0 aliphatic carbocycles. The van der Waals surface area contributed by atoms with Crippen molar-refractivity contribution in [1.29, 1.82) is 0 Å². The van der Waals surface area contributed by atoms with Crippen molar-refractivity contribution in [3.8, 4) is 0 Å². The summed E-state index contributed by atoms with van der Waals surface area (Å²) in [5.41, 5.74) is -1.82. The number of carbonyl (C=O) groups excluding carboxylic acids is 3. The van der Waals surface area contributed by atoms with Gasteiger partial charge in [-0.25, -0.2) is 4.79 Å². The minimum atomic E-state index is -1.57. The fourth-order valence-corrected chi connectivity index (χ4v) is 5.06. The van der Waals surface area contributed by atoms with Crippen molar-refractivity contribution in [2.45, 2.75) is 52.0 Å². The second-order valence-electron chi connectivity index (χ2n) is 10.2.